The Balaban J connectivity index is 1.92. The molecule has 1 amide bonds. The maximum absolute atomic E-state index is 13.1. The molecule has 3 N–H and O–H groups in total. The number of nitrogens with zero attached hydrogens (tertiary/aromatic N) is 1. The van der Waals surface area contributed by atoms with Gasteiger partial charge in [0, 0.05) is 25.8 Å². The standard InChI is InChI=1S/C27H36N2O4/c1-19(2)15-22(17-26(32)25(28)16-21-10-12-23(30)13-11-21)27(33)29(3)18-24(31)14-9-20-7-5-4-6-8-20/h4-8,10-13,19,22,25,30H,9,14-18,28H2,1-3H3/t22-,25-/m0/s1. The monoisotopic (exact) mass is 452 g/mol. The van der Waals surface area contributed by atoms with E-state index in [1.807, 2.05) is 44.2 Å². The van der Waals surface area contributed by atoms with Gasteiger partial charge in [-0.3, -0.25) is 14.4 Å². The van der Waals surface area contributed by atoms with Crippen molar-refractivity contribution in [2.24, 2.45) is 17.6 Å². The number of phenols is 1. The molecule has 0 fully saturated rings. The fraction of sp³-hybridized carbons (Fsp3) is 0.444. The lowest BCUT2D eigenvalue weighted by Gasteiger charge is -2.25. The van der Waals surface area contributed by atoms with E-state index in [0.29, 0.717) is 25.7 Å². The van der Waals surface area contributed by atoms with Crippen LogP contribution < -0.4 is 5.73 Å². The fourth-order valence-corrected chi connectivity index (χ4v) is 3.90. The van der Waals surface area contributed by atoms with E-state index in [0.717, 1.165) is 11.1 Å². The molecular formula is C27H36N2O4. The Morgan fingerprint density at radius 2 is 1.61 bits per heavy atom. The van der Waals surface area contributed by atoms with Crippen LogP contribution in [0.5, 0.6) is 5.75 Å². The smallest absolute Gasteiger partial charge is 0.226 e. The molecule has 0 saturated carbocycles. The fourth-order valence-electron chi connectivity index (χ4n) is 3.90. The third-order valence-electron chi connectivity index (χ3n) is 5.68. The van der Waals surface area contributed by atoms with Crippen molar-refractivity contribution in [3.63, 3.8) is 0 Å². The van der Waals surface area contributed by atoms with Crippen molar-refractivity contribution in [2.45, 2.75) is 52.0 Å². The van der Waals surface area contributed by atoms with Crippen molar-refractivity contribution in [3.05, 3.63) is 65.7 Å². The maximum atomic E-state index is 13.1. The summed E-state index contributed by atoms with van der Waals surface area (Å²) in [4.78, 5) is 39.8. The first kappa shape index (κ1) is 26.3. The van der Waals surface area contributed by atoms with E-state index in [1.165, 1.54) is 4.90 Å². The predicted molar refractivity (Wildman–Crippen MR) is 130 cm³/mol. The van der Waals surface area contributed by atoms with Crippen LogP contribution in [0.4, 0.5) is 0 Å². The molecule has 0 aliphatic heterocycles. The van der Waals surface area contributed by atoms with Crippen molar-refractivity contribution in [3.8, 4) is 5.75 Å². The zero-order valence-corrected chi connectivity index (χ0v) is 19.9. The largest absolute Gasteiger partial charge is 0.508 e. The Labute approximate surface area is 196 Å². The summed E-state index contributed by atoms with van der Waals surface area (Å²) < 4.78 is 0. The van der Waals surface area contributed by atoms with Gasteiger partial charge in [-0.15, -0.1) is 0 Å². The summed E-state index contributed by atoms with van der Waals surface area (Å²) in [6, 6.07) is 15.6. The SMILES string of the molecule is CC(C)C[C@@H](CC(=O)[C@@H](N)Cc1ccc(O)cc1)C(=O)N(C)CC(=O)CCc1ccccc1. The van der Waals surface area contributed by atoms with Gasteiger partial charge in [-0.25, -0.2) is 0 Å². The normalized spacial score (nSPS) is 12.9. The molecule has 178 valence electrons. The average Bonchev–Trinajstić information content (AvgIpc) is 2.78. The number of likely N-dealkylation sites (N-methyl/N-ethyl adjacent to an activating group) is 1. The lowest BCUT2D eigenvalue weighted by molar-refractivity contribution is -0.140. The van der Waals surface area contributed by atoms with Gasteiger partial charge >= 0.3 is 0 Å². The quantitative estimate of drug-likeness (QED) is 0.484. The third kappa shape index (κ3) is 9.18. The molecule has 2 rings (SSSR count). The number of nitrogens with two attached hydrogens (primary N) is 1. The topological polar surface area (TPSA) is 101 Å². The molecule has 0 saturated heterocycles. The van der Waals surface area contributed by atoms with Crippen molar-refractivity contribution in [1.29, 1.82) is 0 Å². The highest BCUT2D eigenvalue weighted by Crippen LogP contribution is 2.20. The molecule has 33 heavy (non-hydrogen) atoms. The summed E-state index contributed by atoms with van der Waals surface area (Å²) in [7, 11) is 1.62. The van der Waals surface area contributed by atoms with Gasteiger partial charge < -0.3 is 15.7 Å². The number of hydrogen-bond donors (Lipinski definition) is 2. The summed E-state index contributed by atoms with van der Waals surface area (Å²) in [5.74, 6) is -0.499. The average molecular weight is 453 g/mol. The molecule has 0 spiro atoms. The molecule has 6 nitrogen and oxygen atoms in total. The molecule has 0 aliphatic rings. The summed E-state index contributed by atoms with van der Waals surface area (Å²) in [5, 5.41) is 9.41. The van der Waals surface area contributed by atoms with Crippen LogP contribution in [0.25, 0.3) is 0 Å². The number of rotatable bonds is 13. The molecular weight excluding hydrogens is 416 g/mol. The summed E-state index contributed by atoms with van der Waals surface area (Å²) in [6.07, 6.45) is 1.96. The van der Waals surface area contributed by atoms with E-state index >= 15 is 0 Å². The number of aromatic hydroxyl groups is 1. The Morgan fingerprint density at radius 3 is 2.21 bits per heavy atom. The van der Waals surface area contributed by atoms with Gasteiger partial charge in [-0.05, 0) is 48.4 Å². The predicted octanol–water partition coefficient (Wildman–Crippen LogP) is 3.54. The van der Waals surface area contributed by atoms with E-state index in [-0.39, 0.29) is 42.1 Å². The Morgan fingerprint density at radius 1 is 0.970 bits per heavy atom. The number of amides is 1. The van der Waals surface area contributed by atoms with Gasteiger partial charge in [0.25, 0.3) is 0 Å². The second kappa shape index (κ2) is 12.9. The number of benzene rings is 2. The molecule has 0 unspecified atom stereocenters. The van der Waals surface area contributed by atoms with Crippen LogP contribution in [0.1, 0.15) is 44.2 Å². The number of Topliss-reactive ketones (excluding diaryl/α,β-unsaturated/α-hetero) is 2. The molecule has 2 aromatic rings. The number of ketones is 2. The van der Waals surface area contributed by atoms with Crippen molar-refractivity contribution < 1.29 is 19.5 Å². The van der Waals surface area contributed by atoms with Gasteiger partial charge in [-0.2, -0.15) is 0 Å². The van der Waals surface area contributed by atoms with E-state index in [2.05, 4.69) is 0 Å². The van der Waals surface area contributed by atoms with Crippen molar-refractivity contribution in [1.82, 2.24) is 4.90 Å². The summed E-state index contributed by atoms with van der Waals surface area (Å²) >= 11 is 0. The van der Waals surface area contributed by atoms with Crippen LogP contribution in [0.2, 0.25) is 0 Å². The van der Waals surface area contributed by atoms with Crippen LogP contribution >= 0.6 is 0 Å². The minimum Gasteiger partial charge on any atom is -0.508 e. The number of phenolic OH excluding ortho intramolecular Hbond substituents is 1. The van der Waals surface area contributed by atoms with Crippen LogP contribution in [0.15, 0.2) is 54.6 Å². The number of aryl methyl sites for hydroxylation is 1. The second-order valence-corrected chi connectivity index (χ2v) is 9.19. The summed E-state index contributed by atoms with van der Waals surface area (Å²) in [6.45, 7) is 4.05. The first-order valence-corrected chi connectivity index (χ1v) is 11.5. The Kier molecular flexibility index (Phi) is 10.3. The van der Waals surface area contributed by atoms with Gasteiger partial charge in [0.05, 0.1) is 12.6 Å². The Hall–Kier alpha value is -2.99. The highest BCUT2D eigenvalue weighted by atomic mass is 16.3. The lowest BCUT2D eigenvalue weighted by Crippen LogP contribution is -2.40. The summed E-state index contributed by atoms with van der Waals surface area (Å²) in [5.41, 5.74) is 8.06. The van der Waals surface area contributed by atoms with Gasteiger partial charge in [0.15, 0.2) is 11.6 Å². The molecule has 0 heterocycles. The van der Waals surface area contributed by atoms with Crippen molar-refractivity contribution in [2.75, 3.05) is 13.6 Å². The molecule has 2 atom stereocenters. The third-order valence-corrected chi connectivity index (χ3v) is 5.68. The van der Waals surface area contributed by atoms with E-state index in [9.17, 15) is 19.5 Å². The zero-order chi connectivity index (χ0) is 24.4. The van der Waals surface area contributed by atoms with Gasteiger partial charge in [0.1, 0.15) is 5.75 Å². The molecule has 2 aromatic carbocycles. The first-order valence-electron chi connectivity index (χ1n) is 11.5. The van der Waals surface area contributed by atoms with E-state index in [4.69, 9.17) is 5.73 Å². The number of hydrogen-bond acceptors (Lipinski definition) is 5. The van der Waals surface area contributed by atoms with E-state index in [1.54, 1.807) is 31.3 Å². The van der Waals surface area contributed by atoms with E-state index < -0.39 is 12.0 Å². The zero-order valence-electron chi connectivity index (χ0n) is 19.9. The minimum atomic E-state index is -0.727. The first-order chi connectivity index (χ1) is 15.7. The minimum absolute atomic E-state index is 0.00615. The van der Waals surface area contributed by atoms with Crippen LogP contribution in [0, 0.1) is 11.8 Å². The molecule has 0 radical (unpaired) electrons. The van der Waals surface area contributed by atoms with Crippen LogP contribution in [-0.2, 0) is 27.2 Å². The molecule has 0 aliphatic carbocycles. The number of carbonyl (C=O) groups is 3. The van der Waals surface area contributed by atoms with Crippen LogP contribution in [-0.4, -0.2) is 47.1 Å². The second-order valence-electron chi connectivity index (χ2n) is 9.19. The molecule has 0 bridgehead atoms. The molecule has 0 aromatic heterocycles. The maximum Gasteiger partial charge on any atom is 0.226 e. The van der Waals surface area contributed by atoms with Gasteiger partial charge in [0.2, 0.25) is 5.91 Å². The lowest BCUT2D eigenvalue weighted by atomic mass is 9.88. The van der Waals surface area contributed by atoms with Gasteiger partial charge in [-0.1, -0.05) is 56.3 Å². The van der Waals surface area contributed by atoms with Crippen molar-refractivity contribution >= 4 is 17.5 Å². The Bertz CT molecular complexity index is 909. The highest BCUT2D eigenvalue weighted by molar-refractivity contribution is 5.91. The molecule has 6 heteroatoms. The number of carbonyl (C=O) groups excluding carboxylic acids is 3. The van der Waals surface area contributed by atoms with Crippen LogP contribution in [0.3, 0.4) is 0 Å². The highest BCUT2D eigenvalue weighted by Gasteiger charge is 2.28.